The van der Waals surface area contributed by atoms with Gasteiger partial charge in [0.25, 0.3) is 5.76 Å². The van der Waals surface area contributed by atoms with Crippen LogP contribution in [0.15, 0.2) is 29.2 Å². The van der Waals surface area contributed by atoms with Gasteiger partial charge in [-0.05, 0) is 25.0 Å². The number of benzene rings is 1. The van der Waals surface area contributed by atoms with E-state index in [1.807, 2.05) is 0 Å². The number of likely N-dealkylation sites (tertiary alicyclic amines) is 1. The molecule has 2 atom stereocenters. The van der Waals surface area contributed by atoms with E-state index < -0.39 is 11.7 Å². The molecule has 3 amide bonds. The van der Waals surface area contributed by atoms with Gasteiger partial charge in [-0.15, -0.1) is 0 Å². The second-order valence-corrected chi connectivity index (χ2v) is 7.53. The molecule has 5 nitrogen and oxygen atoms in total. The van der Waals surface area contributed by atoms with Crippen molar-refractivity contribution in [3.63, 3.8) is 0 Å². The third kappa shape index (κ3) is 4.06. The molecule has 3 rings (SSSR count). The van der Waals surface area contributed by atoms with E-state index in [2.05, 4.69) is 5.32 Å². The van der Waals surface area contributed by atoms with Crippen molar-refractivity contribution >= 4 is 35.2 Å². The van der Waals surface area contributed by atoms with E-state index in [1.165, 1.54) is 11.0 Å². The van der Waals surface area contributed by atoms with Crippen molar-refractivity contribution in [2.75, 3.05) is 11.9 Å². The number of alkyl halides is 2. The molecule has 1 aliphatic carbocycles. The fourth-order valence-corrected chi connectivity index (χ4v) is 4.24. The Morgan fingerprint density at radius 3 is 2.38 bits per heavy atom. The summed E-state index contributed by atoms with van der Waals surface area (Å²) in [6, 6.07) is 6.31. The normalized spacial score (nSPS) is 22.7. The van der Waals surface area contributed by atoms with Crippen LogP contribution in [0.2, 0.25) is 0 Å². The van der Waals surface area contributed by atoms with Gasteiger partial charge in [-0.25, -0.2) is 0 Å². The quantitative estimate of drug-likeness (QED) is 0.604. The summed E-state index contributed by atoms with van der Waals surface area (Å²) < 4.78 is 25.2. The van der Waals surface area contributed by atoms with Crippen LogP contribution in [-0.2, 0) is 14.4 Å². The number of anilines is 1. The van der Waals surface area contributed by atoms with Gasteiger partial charge in [0.2, 0.25) is 17.7 Å². The molecule has 0 aromatic heterocycles. The van der Waals surface area contributed by atoms with Crippen LogP contribution in [-0.4, -0.2) is 34.9 Å². The maximum absolute atomic E-state index is 12.6. The molecule has 140 valence electrons. The minimum atomic E-state index is -2.59. The Morgan fingerprint density at radius 2 is 1.77 bits per heavy atom. The van der Waals surface area contributed by atoms with E-state index >= 15 is 0 Å². The van der Waals surface area contributed by atoms with Crippen molar-refractivity contribution in [3.8, 4) is 0 Å². The highest BCUT2D eigenvalue weighted by atomic mass is 32.2. The lowest BCUT2D eigenvalue weighted by molar-refractivity contribution is -0.140. The summed E-state index contributed by atoms with van der Waals surface area (Å²) in [7, 11) is 0. The molecular weight excluding hydrogens is 362 g/mol. The molecule has 1 saturated heterocycles. The highest BCUT2D eigenvalue weighted by molar-refractivity contribution is 7.99. The highest BCUT2D eigenvalue weighted by Gasteiger charge is 2.47. The number of fused-ring (bicyclic) bond motifs is 1. The lowest BCUT2D eigenvalue weighted by Crippen LogP contribution is -2.34. The third-order valence-electron chi connectivity index (χ3n) is 4.87. The largest absolute Gasteiger partial charge is 0.325 e. The molecule has 1 aromatic rings. The van der Waals surface area contributed by atoms with Crippen LogP contribution in [0.25, 0.3) is 0 Å². The number of hydrogen-bond acceptors (Lipinski definition) is 4. The molecular formula is C18H20F2N2O3S. The van der Waals surface area contributed by atoms with Crippen LogP contribution in [0.3, 0.4) is 0 Å². The van der Waals surface area contributed by atoms with Crippen LogP contribution in [0.4, 0.5) is 14.5 Å². The number of imide groups is 1. The van der Waals surface area contributed by atoms with Crippen molar-refractivity contribution < 1.29 is 23.2 Å². The molecule has 1 saturated carbocycles. The molecule has 0 bridgehead atoms. The molecule has 1 heterocycles. The van der Waals surface area contributed by atoms with Crippen molar-refractivity contribution in [2.24, 2.45) is 11.8 Å². The maximum atomic E-state index is 12.6. The molecule has 1 aliphatic heterocycles. The average molecular weight is 382 g/mol. The number of rotatable bonds is 6. The van der Waals surface area contributed by atoms with Gasteiger partial charge in [0, 0.05) is 17.9 Å². The number of carbonyl (C=O) groups excluding carboxylic acids is 3. The summed E-state index contributed by atoms with van der Waals surface area (Å²) >= 11 is 0.358. The molecule has 8 heteroatoms. The van der Waals surface area contributed by atoms with Crippen LogP contribution in [0.5, 0.6) is 0 Å². The van der Waals surface area contributed by atoms with E-state index in [0.29, 0.717) is 17.4 Å². The van der Waals surface area contributed by atoms with Crippen LogP contribution >= 0.6 is 11.8 Å². The number of thioether (sulfide) groups is 1. The summed E-state index contributed by atoms with van der Waals surface area (Å²) in [6.07, 6.45) is 3.32. The number of amides is 3. The second kappa shape index (κ2) is 8.16. The van der Waals surface area contributed by atoms with Crippen molar-refractivity contribution in [1.82, 2.24) is 4.90 Å². The zero-order valence-corrected chi connectivity index (χ0v) is 14.9. The summed E-state index contributed by atoms with van der Waals surface area (Å²) in [4.78, 5) is 38.4. The van der Waals surface area contributed by atoms with Crippen molar-refractivity contribution in [2.45, 2.75) is 42.8 Å². The molecule has 1 aromatic carbocycles. The first-order valence-corrected chi connectivity index (χ1v) is 9.54. The summed E-state index contributed by atoms with van der Waals surface area (Å²) in [5, 5.41) is 2.59. The Bertz CT molecular complexity index is 689. The Kier molecular flexibility index (Phi) is 5.90. The molecule has 2 fully saturated rings. The molecule has 0 radical (unpaired) electrons. The van der Waals surface area contributed by atoms with E-state index in [9.17, 15) is 23.2 Å². The molecule has 1 N–H and O–H groups in total. The zero-order valence-electron chi connectivity index (χ0n) is 14.1. The van der Waals surface area contributed by atoms with Gasteiger partial charge in [-0.2, -0.15) is 8.78 Å². The van der Waals surface area contributed by atoms with Gasteiger partial charge in [0.1, 0.15) is 0 Å². The van der Waals surface area contributed by atoms with Gasteiger partial charge in [0.15, 0.2) is 0 Å². The van der Waals surface area contributed by atoms with Crippen molar-refractivity contribution in [1.29, 1.82) is 0 Å². The van der Waals surface area contributed by atoms with Crippen LogP contribution in [0.1, 0.15) is 32.1 Å². The maximum Gasteiger partial charge on any atom is 0.288 e. The molecule has 2 aliphatic rings. The average Bonchev–Trinajstić information content (AvgIpc) is 2.86. The van der Waals surface area contributed by atoms with Gasteiger partial charge in [0.05, 0.1) is 17.5 Å². The second-order valence-electron chi connectivity index (χ2n) is 6.50. The number of nitrogens with one attached hydrogen (secondary N) is 1. The highest BCUT2D eigenvalue weighted by Crippen LogP contribution is 2.38. The number of halogens is 2. The standard InChI is InChI=1S/C18H20F2N2O3S/c19-18(20)26-14-8-4-3-7-13(14)21-15(23)9-10-22-16(24)11-5-1-2-6-12(11)17(22)25/h3-4,7-8,11-12,18H,1-2,5-6,9-10H2,(H,21,23)/t11-,12-/m0/s1. The minimum Gasteiger partial charge on any atom is -0.325 e. The van der Waals surface area contributed by atoms with Gasteiger partial charge in [-0.1, -0.05) is 36.7 Å². The van der Waals surface area contributed by atoms with E-state index in [1.54, 1.807) is 18.2 Å². The van der Waals surface area contributed by atoms with Gasteiger partial charge in [-0.3, -0.25) is 19.3 Å². The van der Waals surface area contributed by atoms with E-state index in [-0.39, 0.29) is 41.5 Å². The third-order valence-corrected chi connectivity index (χ3v) is 5.66. The molecule has 26 heavy (non-hydrogen) atoms. The Hall–Kier alpha value is -1.96. The minimum absolute atomic E-state index is 0.0284. The summed E-state index contributed by atoms with van der Waals surface area (Å²) in [5.74, 6) is -3.83. The first kappa shape index (κ1) is 18.8. The van der Waals surface area contributed by atoms with Crippen LogP contribution in [0, 0.1) is 11.8 Å². The lowest BCUT2D eigenvalue weighted by Gasteiger charge is -2.19. The number of para-hydroxylation sites is 1. The van der Waals surface area contributed by atoms with Crippen molar-refractivity contribution in [3.05, 3.63) is 24.3 Å². The summed E-state index contributed by atoms with van der Waals surface area (Å²) in [6.45, 7) is 0.0284. The Labute approximate surface area is 154 Å². The lowest BCUT2D eigenvalue weighted by atomic mass is 9.81. The number of carbonyl (C=O) groups is 3. The molecule has 0 spiro atoms. The van der Waals surface area contributed by atoms with Crippen LogP contribution < -0.4 is 5.32 Å². The Morgan fingerprint density at radius 1 is 1.15 bits per heavy atom. The predicted octanol–water partition coefficient (Wildman–Crippen LogP) is 3.51. The topological polar surface area (TPSA) is 66.5 Å². The SMILES string of the molecule is O=C(CCN1C(=O)[C@H]2CCCC[C@@H]2C1=O)Nc1ccccc1SC(F)F. The van der Waals surface area contributed by atoms with E-state index in [4.69, 9.17) is 0 Å². The van der Waals surface area contributed by atoms with Gasteiger partial charge < -0.3 is 5.32 Å². The summed E-state index contributed by atoms with van der Waals surface area (Å²) in [5.41, 5.74) is 0.301. The monoisotopic (exact) mass is 382 g/mol. The predicted molar refractivity (Wildman–Crippen MR) is 93.7 cm³/mol. The number of nitrogens with zero attached hydrogens (tertiary/aromatic N) is 1. The first-order chi connectivity index (χ1) is 12.5. The Balaban J connectivity index is 1.58. The first-order valence-electron chi connectivity index (χ1n) is 8.66. The fourth-order valence-electron chi connectivity index (χ4n) is 3.65. The number of hydrogen-bond donors (Lipinski definition) is 1. The molecule has 0 unspecified atom stereocenters. The van der Waals surface area contributed by atoms with E-state index in [0.717, 1.165) is 25.7 Å². The fraction of sp³-hybridized carbons (Fsp3) is 0.500. The smallest absolute Gasteiger partial charge is 0.288 e. The van der Waals surface area contributed by atoms with Gasteiger partial charge >= 0.3 is 0 Å². The zero-order chi connectivity index (χ0) is 18.7.